The highest BCUT2D eigenvalue weighted by atomic mass is 35.5. The Morgan fingerprint density at radius 1 is 1.25 bits per heavy atom. The Morgan fingerprint density at radius 2 is 1.95 bits per heavy atom. The fraction of sp³-hybridized carbons (Fsp3) is 0.312. The van der Waals surface area contributed by atoms with E-state index in [1.807, 2.05) is 37.3 Å². The van der Waals surface area contributed by atoms with Gasteiger partial charge >= 0.3 is 0 Å². The highest BCUT2D eigenvalue weighted by molar-refractivity contribution is 6.19. The second kappa shape index (κ2) is 6.62. The van der Waals surface area contributed by atoms with Crippen molar-refractivity contribution in [1.29, 1.82) is 0 Å². The largest absolute Gasteiger partial charge is 0.497 e. The summed E-state index contributed by atoms with van der Waals surface area (Å²) < 4.78 is 5.20. The zero-order valence-electron chi connectivity index (χ0n) is 11.7. The topological polar surface area (TPSA) is 38.3 Å². The van der Waals surface area contributed by atoms with E-state index in [9.17, 15) is 4.79 Å². The monoisotopic (exact) mass is 291 g/mol. The van der Waals surface area contributed by atoms with E-state index in [1.165, 1.54) is 0 Å². The molecule has 3 nitrogen and oxygen atoms in total. The van der Waals surface area contributed by atoms with Crippen molar-refractivity contribution >= 4 is 28.3 Å². The quantitative estimate of drug-likeness (QED) is 0.858. The number of carbonyl (C=O) groups is 1. The predicted molar refractivity (Wildman–Crippen MR) is 82.2 cm³/mol. The van der Waals surface area contributed by atoms with Crippen molar-refractivity contribution in [1.82, 2.24) is 5.32 Å². The molecule has 0 heterocycles. The van der Waals surface area contributed by atoms with Crippen LogP contribution >= 0.6 is 11.6 Å². The van der Waals surface area contributed by atoms with E-state index in [4.69, 9.17) is 16.3 Å². The Labute approximate surface area is 123 Å². The van der Waals surface area contributed by atoms with Crippen LogP contribution in [-0.2, 0) is 11.3 Å². The second-order valence-electron chi connectivity index (χ2n) is 4.82. The number of halogens is 1. The predicted octanol–water partition coefficient (Wildman–Crippen LogP) is 3.34. The standard InChI is InChI=1S/C16H18ClNO2/c1-11(9-17)16(19)18-10-12-3-4-14-8-15(20-2)6-5-13(14)7-12/h3-8,11H,9-10H2,1-2H3,(H,18,19). The van der Waals surface area contributed by atoms with Crippen LogP contribution in [0.3, 0.4) is 0 Å². The lowest BCUT2D eigenvalue weighted by Gasteiger charge is -2.10. The molecule has 0 spiro atoms. The first-order valence-electron chi connectivity index (χ1n) is 6.54. The highest BCUT2D eigenvalue weighted by Gasteiger charge is 2.10. The summed E-state index contributed by atoms with van der Waals surface area (Å²) in [6, 6.07) is 12.0. The van der Waals surface area contributed by atoms with Crippen molar-refractivity contribution in [3.8, 4) is 5.75 Å². The van der Waals surface area contributed by atoms with Gasteiger partial charge in [-0.05, 0) is 34.5 Å². The molecule has 4 heteroatoms. The SMILES string of the molecule is COc1ccc2cc(CNC(=O)C(C)CCl)ccc2c1. The normalized spacial score (nSPS) is 12.2. The van der Waals surface area contributed by atoms with Crippen LogP contribution in [0.4, 0.5) is 0 Å². The average molecular weight is 292 g/mol. The molecule has 2 aromatic rings. The molecule has 0 saturated carbocycles. The zero-order valence-corrected chi connectivity index (χ0v) is 12.4. The molecule has 1 N–H and O–H groups in total. The molecule has 0 aliphatic carbocycles. The van der Waals surface area contributed by atoms with Gasteiger partial charge in [-0.25, -0.2) is 0 Å². The summed E-state index contributed by atoms with van der Waals surface area (Å²) in [6.07, 6.45) is 0. The van der Waals surface area contributed by atoms with E-state index in [1.54, 1.807) is 7.11 Å². The van der Waals surface area contributed by atoms with Crippen LogP contribution in [0.15, 0.2) is 36.4 Å². The van der Waals surface area contributed by atoms with Crippen LogP contribution in [0.5, 0.6) is 5.75 Å². The molecule has 106 valence electrons. The minimum absolute atomic E-state index is 0.0187. The summed E-state index contributed by atoms with van der Waals surface area (Å²) in [7, 11) is 1.66. The number of alkyl halides is 1. The summed E-state index contributed by atoms with van der Waals surface area (Å²) in [6.45, 7) is 2.33. The molecule has 1 unspecified atom stereocenters. The van der Waals surface area contributed by atoms with Gasteiger partial charge < -0.3 is 10.1 Å². The summed E-state index contributed by atoms with van der Waals surface area (Å²) in [4.78, 5) is 11.7. The first kappa shape index (κ1) is 14.7. The van der Waals surface area contributed by atoms with Gasteiger partial charge in [-0.2, -0.15) is 0 Å². The molecule has 0 fully saturated rings. The molecular weight excluding hydrogens is 274 g/mol. The first-order chi connectivity index (χ1) is 9.63. The van der Waals surface area contributed by atoms with Gasteiger partial charge in [0.1, 0.15) is 5.75 Å². The fourth-order valence-electron chi connectivity index (χ4n) is 1.94. The number of nitrogens with one attached hydrogen (secondary N) is 1. The van der Waals surface area contributed by atoms with Gasteiger partial charge in [0.2, 0.25) is 5.91 Å². The Kier molecular flexibility index (Phi) is 4.85. The van der Waals surface area contributed by atoms with Crippen LogP contribution in [0, 0.1) is 5.92 Å². The first-order valence-corrected chi connectivity index (χ1v) is 7.08. The van der Waals surface area contributed by atoms with Gasteiger partial charge in [-0.3, -0.25) is 4.79 Å². The van der Waals surface area contributed by atoms with Crippen molar-refractivity contribution in [2.24, 2.45) is 5.92 Å². The number of rotatable bonds is 5. The Bertz CT molecular complexity index is 612. The summed E-state index contributed by atoms with van der Waals surface area (Å²) in [5.74, 6) is 0.995. The average Bonchev–Trinajstić information content (AvgIpc) is 2.50. The number of methoxy groups -OCH3 is 1. The maximum absolute atomic E-state index is 11.7. The van der Waals surface area contributed by atoms with Crippen LogP contribution in [0.1, 0.15) is 12.5 Å². The minimum atomic E-state index is -0.165. The minimum Gasteiger partial charge on any atom is -0.497 e. The Morgan fingerprint density at radius 3 is 2.65 bits per heavy atom. The lowest BCUT2D eigenvalue weighted by Crippen LogP contribution is -2.29. The van der Waals surface area contributed by atoms with Crippen molar-refractivity contribution in [2.75, 3.05) is 13.0 Å². The molecule has 2 rings (SSSR count). The smallest absolute Gasteiger partial charge is 0.224 e. The number of hydrogen-bond donors (Lipinski definition) is 1. The molecule has 2 aromatic carbocycles. The Balaban J connectivity index is 2.10. The van der Waals surface area contributed by atoms with Crippen LogP contribution in [-0.4, -0.2) is 18.9 Å². The number of carbonyl (C=O) groups excluding carboxylic acids is 1. The number of amides is 1. The molecule has 0 saturated heterocycles. The third-order valence-corrected chi connectivity index (χ3v) is 3.72. The summed E-state index contributed by atoms with van der Waals surface area (Å²) >= 11 is 5.66. The highest BCUT2D eigenvalue weighted by Crippen LogP contribution is 2.21. The molecule has 1 amide bonds. The third-order valence-electron chi connectivity index (χ3n) is 3.26. The van der Waals surface area contributed by atoms with Crippen molar-refractivity contribution in [2.45, 2.75) is 13.5 Å². The Hall–Kier alpha value is -1.74. The van der Waals surface area contributed by atoms with Crippen molar-refractivity contribution < 1.29 is 9.53 Å². The second-order valence-corrected chi connectivity index (χ2v) is 5.13. The van der Waals surface area contributed by atoms with E-state index >= 15 is 0 Å². The van der Waals surface area contributed by atoms with Gasteiger partial charge in [0.15, 0.2) is 0 Å². The van der Waals surface area contributed by atoms with E-state index in [-0.39, 0.29) is 11.8 Å². The lowest BCUT2D eigenvalue weighted by atomic mass is 10.1. The molecular formula is C16H18ClNO2. The van der Waals surface area contributed by atoms with Crippen molar-refractivity contribution in [3.63, 3.8) is 0 Å². The van der Waals surface area contributed by atoms with Crippen LogP contribution in [0.2, 0.25) is 0 Å². The number of fused-ring (bicyclic) bond motifs is 1. The molecule has 1 atom stereocenters. The summed E-state index contributed by atoms with van der Waals surface area (Å²) in [5.41, 5.74) is 1.07. The van der Waals surface area contributed by atoms with Gasteiger partial charge in [0.25, 0.3) is 0 Å². The molecule has 0 bridgehead atoms. The summed E-state index contributed by atoms with van der Waals surface area (Å²) in [5, 5.41) is 5.14. The van der Waals surface area contributed by atoms with Gasteiger partial charge in [-0.15, -0.1) is 11.6 Å². The van der Waals surface area contributed by atoms with E-state index in [2.05, 4.69) is 11.4 Å². The van der Waals surface area contributed by atoms with E-state index < -0.39 is 0 Å². The molecule has 0 aromatic heterocycles. The molecule has 0 aliphatic heterocycles. The third kappa shape index (κ3) is 3.42. The zero-order chi connectivity index (χ0) is 14.5. The van der Waals surface area contributed by atoms with Crippen LogP contribution < -0.4 is 10.1 Å². The number of ether oxygens (including phenoxy) is 1. The van der Waals surface area contributed by atoms with Gasteiger partial charge in [0, 0.05) is 18.3 Å². The lowest BCUT2D eigenvalue weighted by molar-refractivity contribution is -0.124. The fourth-order valence-corrected chi connectivity index (χ4v) is 2.08. The maximum Gasteiger partial charge on any atom is 0.224 e. The van der Waals surface area contributed by atoms with Crippen LogP contribution in [0.25, 0.3) is 10.8 Å². The van der Waals surface area contributed by atoms with Gasteiger partial charge in [0.05, 0.1) is 7.11 Å². The molecule has 0 aliphatic rings. The van der Waals surface area contributed by atoms with Gasteiger partial charge in [-0.1, -0.05) is 25.1 Å². The number of hydrogen-bond acceptors (Lipinski definition) is 2. The molecule has 20 heavy (non-hydrogen) atoms. The van der Waals surface area contributed by atoms with Crippen molar-refractivity contribution in [3.05, 3.63) is 42.0 Å². The van der Waals surface area contributed by atoms with E-state index in [0.29, 0.717) is 12.4 Å². The molecule has 0 radical (unpaired) electrons. The maximum atomic E-state index is 11.7. The number of benzene rings is 2. The van der Waals surface area contributed by atoms with E-state index in [0.717, 1.165) is 22.1 Å².